The maximum Gasteiger partial charge on any atom is 0.290 e. The summed E-state index contributed by atoms with van der Waals surface area (Å²) in [7, 11) is 0. The molecule has 0 unspecified atom stereocenters. The van der Waals surface area contributed by atoms with E-state index in [2.05, 4.69) is 5.32 Å². The van der Waals surface area contributed by atoms with Gasteiger partial charge in [-0.2, -0.15) is 0 Å². The maximum absolute atomic E-state index is 12.0. The summed E-state index contributed by atoms with van der Waals surface area (Å²) in [6.45, 7) is 5.95. The lowest BCUT2D eigenvalue weighted by Gasteiger charge is -2.19. The van der Waals surface area contributed by atoms with Gasteiger partial charge in [-0.3, -0.25) is 9.59 Å². The SMILES string of the molecule is CCN(CC(=O)NC(C)C)C(=O)c1ccc(Cl)o1. The minimum absolute atomic E-state index is 0.00579. The monoisotopic (exact) mass is 272 g/mol. The molecule has 0 saturated carbocycles. The quantitative estimate of drug-likeness (QED) is 0.891. The van der Waals surface area contributed by atoms with Crippen LogP contribution in [-0.4, -0.2) is 35.8 Å². The molecule has 6 heteroatoms. The molecule has 0 aliphatic heterocycles. The van der Waals surface area contributed by atoms with E-state index in [1.165, 1.54) is 17.0 Å². The van der Waals surface area contributed by atoms with Crippen molar-refractivity contribution in [1.29, 1.82) is 0 Å². The Kier molecular flexibility index (Phi) is 5.22. The van der Waals surface area contributed by atoms with Crippen LogP contribution in [0.25, 0.3) is 0 Å². The first-order valence-corrected chi connectivity index (χ1v) is 6.15. The lowest BCUT2D eigenvalue weighted by Crippen LogP contribution is -2.42. The summed E-state index contributed by atoms with van der Waals surface area (Å²) in [6.07, 6.45) is 0. The van der Waals surface area contributed by atoms with E-state index in [9.17, 15) is 9.59 Å². The lowest BCUT2D eigenvalue weighted by atomic mass is 10.3. The highest BCUT2D eigenvalue weighted by Gasteiger charge is 2.20. The van der Waals surface area contributed by atoms with Crippen LogP contribution in [0.2, 0.25) is 5.22 Å². The molecule has 5 nitrogen and oxygen atoms in total. The van der Waals surface area contributed by atoms with E-state index in [-0.39, 0.29) is 35.4 Å². The minimum Gasteiger partial charge on any atom is -0.440 e. The van der Waals surface area contributed by atoms with Crippen LogP contribution >= 0.6 is 11.6 Å². The Morgan fingerprint density at radius 2 is 2.11 bits per heavy atom. The van der Waals surface area contributed by atoms with Gasteiger partial charge in [0.15, 0.2) is 11.0 Å². The first-order chi connectivity index (χ1) is 8.43. The standard InChI is InChI=1S/C12H17ClN2O3/c1-4-15(7-11(16)14-8(2)3)12(17)9-5-6-10(13)18-9/h5-6,8H,4,7H2,1-3H3,(H,14,16). The molecular weight excluding hydrogens is 256 g/mol. The fourth-order valence-electron chi connectivity index (χ4n) is 1.45. The van der Waals surface area contributed by atoms with Crippen LogP contribution in [0.3, 0.4) is 0 Å². The molecule has 0 bridgehead atoms. The number of furan rings is 1. The third-order valence-corrected chi connectivity index (χ3v) is 2.44. The fourth-order valence-corrected chi connectivity index (χ4v) is 1.60. The van der Waals surface area contributed by atoms with Gasteiger partial charge in [-0.05, 0) is 44.5 Å². The van der Waals surface area contributed by atoms with Crippen LogP contribution in [0, 0.1) is 0 Å². The Bertz CT molecular complexity index is 429. The van der Waals surface area contributed by atoms with Crippen molar-refractivity contribution in [3.63, 3.8) is 0 Å². The van der Waals surface area contributed by atoms with Crippen LogP contribution in [0.1, 0.15) is 31.3 Å². The normalized spacial score (nSPS) is 10.5. The van der Waals surface area contributed by atoms with Crippen LogP contribution < -0.4 is 5.32 Å². The molecule has 100 valence electrons. The van der Waals surface area contributed by atoms with Gasteiger partial charge < -0.3 is 14.6 Å². The predicted molar refractivity (Wildman–Crippen MR) is 68.6 cm³/mol. The Hall–Kier alpha value is -1.49. The molecule has 1 heterocycles. The zero-order chi connectivity index (χ0) is 13.7. The number of halogens is 1. The van der Waals surface area contributed by atoms with E-state index in [0.717, 1.165) is 0 Å². The summed E-state index contributed by atoms with van der Waals surface area (Å²) in [5.41, 5.74) is 0. The fraction of sp³-hybridized carbons (Fsp3) is 0.500. The summed E-state index contributed by atoms with van der Waals surface area (Å²) >= 11 is 5.61. The average molecular weight is 273 g/mol. The van der Waals surface area contributed by atoms with E-state index in [1.54, 1.807) is 6.92 Å². The second-order valence-corrected chi connectivity index (χ2v) is 4.52. The smallest absolute Gasteiger partial charge is 0.290 e. The largest absolute Gasteiger partial charge is 0.440 e. The molecule has 0 aliphatic rings. The Balaban J connectivity index is 2.66. The van der Waals surface area contributed by atoms with Gasteiger partial charge in [0.2, 0.25) is 5.91 Å². The van der Waals surface area contributed by atoms with Crippen molar-refractivity contribution in [3.8, 4) is 0 Å². The number of carbonyl (C=O) groups excluding carboxylic acids is 2. The zero-order valence-corrected chi connectivity index (χ0v) is 11.5. The number of carbonyl (C=O) groups is 2. The molecule has 18 heavy (non-hydrogen) atoms. The highest BCUT2D eigenvalue weighted by atomic mass is 35.5. The van der Waals surface area contributed by atoms with Crippen molar-refractivity contribution in [3.05, 3.63) is 23.1 Å². The molecule has 0 atom stereocenters. The van der Waals surface area contributed by atoms with Crippen LogP contribution in [0.4, 0.5) is 0 Å². The first kappa shape index (κ1) is 14.6. The van der Waals surface area contributed by atoms with Crippen molar-refractivity contribution in [2.24, 2.45) is 0 Å². The summed E-state index contributed by atoms with van der Waals surface area (Å²) in [6, 6.07) is 3.04. The van der Waals surface area contributed by atoms with E-state index in [0.29, 0.717) is 6.54 Å². The van der Waals surface area contributed by atoms with Gasteiger partial charge in [-0.25, -0.2) is 0 Å². The van der Waals surface area contributed by atoms with E-state index in [4.69, 9.17) is 16.0 Å². The number of amides is 2. The molecule has 0 aliphatic carbocycles. The van der Waals surface area contributed by atoms with Gasteiger partial charge in [-0.1, -0.05) is 0 Å². The topological polar surface area (TPSA) is 62.6 Å². The Morgan fingerprint density at radius 3 is 2.56 bits per heavy atom. The van der Waals surface area contributed by atoms with Crippen molar-refractivity contribution < 1.29 is 14.0 Å². The van der Waals surface area contributed by atoms with Gasteiger partial charge in [0.25, 0.3) is 5.91 Å². The van der Waals surface area contributed by atoms with E-state index < -0.39 is 0 Å². The third-order valence-electron chi connectivity index (χ3n) is 2.24. The second-order valence-electron chi connectivity index (χ2n) is 4.15. The van der Waals surface area contributed by atoms with Crippen molar-refractivity contribution in [2.45, 2.75) is 26.8 Å². The molecule has 0 spiro atoms. The van der Waals surface area contributed by atoms with Gasteiger partial charge in [0.1, 0.15) is 0 Å². The maximum atomic E-state index is 12.0. The van der Waals surface area contributed by atoms with Crippen molar-refractivity contribution in [1.82, 2.24) is 10.2 Å². The first-order valence-electron chi connectivity index (χ1n) is 5.78. The summed E-state index contributed by atoms with van der Waals surface area (Å²) in [5.74, 6) is -0.402. The molecule has 1 aromatic heterocycles. The van der Waals surface area contributed by atoms with Crippen LogP contribution in [-0.2, 0) is 4.79 Å². The van der Waals surface area contributed by atoms with Crippen LogP contribution in [0.15, 0.2) is 16.5 Å². The predicted octanol–water partition coefficient (Wildman–Crippen LogP) is 1.92. The summed E-state index contributed by atoms with van der Waals surface area (Å²) in [4.78, 5) is 25.0. The number of nitrogens with zero attached hydrogens (tertiary/aromatic N) is 1. The molecule has 2 amide bonds. The molecule has 1 rings (SSSR count). The van der Waals surface area contributed by atoms with Gasteiger partial charge in [0.05, 0.1) is 6.54 Å². The Labute approximate surface area is 111 Å². The van der Waals surface area contributed by atoms with Crippen LogP contribution in [0.5, 0.6) is 0 Å². The third kappa shape index (κ3) is 4.07. The number of hydrogen-bond donors (Lipinski definition) is 1. The van der Waals surface area contributed by atoms with E-state index in [1.807, 2.05) is 13.8 Å². The highest BCUT2D eigenvalue weighted by Crippen LogP contribution is 2.14. The van der Waals surface area contributed by atoms with Crippen molar-refractivity contribution in [2.75, 3.05) is 13.1 Å². The lowest BCUT2D eigenvalue weighted by molar-refractivity contribution is -0.122. The Morgan fingerprint density at radius 1 is 1.44 bits per heavy atom. The number of hydrogen-bond acceptors (Lipinski definition) is 3. The second kappa shape index (κ2) is 6.44. The molecular formula is C12H17ClN2O3. The summed E-state index contributed by atoms with van der Waals surface area (Å²) in [5, 5.41) is 2.88. The highest BCUT2D eigenvalue weighted by molar-refractivity contribution is 6.29. The molecule has 1 N–H and O–H groups in total. The minimum atomic E-state index is -0.344. The molecule has 0 radical (unpaired) electrons. The molecule has 0 fully saturated rings. The van der Waals surface area contributed by atoms with Gasteiger partial charge in [0, 0.05) is 12.6 Å². The number of rotatable bonds is 5. The van der Waals surface area contributed by atoms with Crippen molar-refractivity contribution >= 4 is 23.4 Å². The average Bonchev–Trinajstić information content (AvgIpc) is 2.70. The number of likely N-dealkylation sites (N-methyl/N-ethyl adjacent to an activating group) is 1. The summed E-state index contributed by atoms with van der Waals surface area (Å²) < 4.78 is 5.03. The van der Waals surface area contributed by atoms with E-state index >= 15 is 0 Å². The molecule has 0 saturated heterocycles. The van der Waals surface area contributed by atoms with Gasteiger partial charge >= 0.3 is 0 Å². The molecule has 1 aromatic rings. The molecule has 0 aromatic carbocycles. The zero-order valence-electron chi connectivity index (χ0n) is 10.7. The van der Waals surface area contributed by atoms with Gasteiger partial charge in [-0.15, -0.1) is 0 Å². The number of nitrogens with one attached hydrogen (secondary N) is 1.